The number of nitrogens with one attached hydrogen (secondary N) is 1. The number of nitrogens with zero attached hydrogens (tertiary/aromatic N) is 1. The Morgan fingerprint density at radius 3 is 2.42 bits per heavy atom. The molecule has 5 nitrogen and oxygen atoms in total. The first-order valence-corrected chi connectivity index (χ1v) is 6.29. The maximum absolute atomic E-state index is 11.8. The standard InChI is InChI=1S/C14H21N3O2/c1-4-17(3)12(18)9-16-14(19)13(15)11-7-5-10(2)6-8-11/h5-8,13H,4,9,15H2,1-3H3,(H,16,19). The average molecular weight is 263 g/mol. The monoisotopic (exact) mass is 263 g/mol. The third-order valence-electron chi connectivity index (χ3n) is 3.03. The zero-order valence-corrected chi connectivity index (χ0v) is 11.6. The number of benzene rings is 1. The second kappa shape index (κ2) is 6.89. The minimum absolute atomic E-state index is 0.0251. The van der Waals surface area contributed by atoms with Crippen molar-refractivity contribution in [3.8, 4) is 0 Å². The first-order valence-electron chi connectivity index (χ1n) is 6.29. The van der Waals surface area contributed by atoms with Gasteiger partial charge in [0.05, 0.1) is 6.54 Å². The molecule has 1 aromatic rings. The first kappa shape index (κ1) is 15.2. The van der Waals surface area contributed by atoms with E-state index in [1.165, 1.54) is 4.90 Å². The Hall–Kier alpha value is -1.88. The molecule has 104 valence electrons. The van der Waals surface area contributed by atoms with Crippen LogP contribution in [0.1, 0.15) is 24.1 Å². The lowest BCUT2D eigenvalue weighted by molar-refractivity contribution is -0.132. The van der Waals surface area contributed by atoms with Gasteiger partial charge in [-0.3, -0.25) is 9.59 Å². The quantitative estimate of drug-likeness (QED) is 0.816. The van der Waals surface area contributed by atoms with E-state index in [0.29, 0.717) is 6.54 Å². The summed E-state index contributed by atoms with van der Waals surface area (Å²) in [5, 5.41) is 2.56. The molecule has 0 saturated heterocycles. The number of carbonyl (C=O) groups is 2. The lowest BCUT2D eigenvalue weighted by Crippen LogP contribution is -2.41. The Labute approximate surface area is 113 Å². The second-order valence-electron chi connectivity index (χ2n) is 4.51. The van der Waals surface area contributed by atoms with E-state index in [9.17, 15) is 9.59 Å². The smallest absolute Gasteiger partial charge is 0.241 e. The lowest BCUT2D eigenvalue weighted by atomic mass is 10.1. The molecular weight excluding hydrogens is 242 g/mol. The number of aryl methyl sites for hydroxylation is 1. The molecule has 3 N–H and O–H groups in total. The summed E-state index contributed by atoms with van der Waals surface area (Å²) < 4.78 is 0. The largest absolute Gasteiger partial charge is 0.345 e. The zero-order chi connectivity index (χ0) is 14.4. The third-order valence-corrected chi connectivity index (χ3v) is 3.03. The maximum atomic E-state index is 11.8. The van der Waals surface area contributed by atoms with Crippen LogP contribution < -0.4 is 11.1 Å². The third kappa shape index (κ3) is 4.37. The van der Waals surface area contributed by atoms with Gasteiger partial charge in [0.1, 0.15) is 6.04 Å². The molecule has 1 unspecified atom stereocenters. The maximum Gasteiger partial charge on any atom is 0.241 e. The van der Waals surface area contributed by atoms with Crippen LogP contribution in [0.4, 0.5) is 0 Å². The number of hydrogen-bond acceptors (Lipinski definition) is 3. The molecule has 0 aliphatic carbocycles. The second-order valence-corrected chi connectivity index (χ2v) is 4.51. The molecule has 0 heterocycles. The number of likely N-dealkylation sites (N-methyl/N-ethyl adjacent to an activating group) is 1. The SMILES string of the molecule is CCN(C)C(=O)CNC(=O)C(N)c1ccc(C)cc1. The van der Waals surface area contributed by atoms with E-state index < -0.39 is 6.04 Å². The number of rotatable bonds is 5. The fourth-order valence-corrected chi connectivity index (χ4v) is 1.51. The topological polar surface area (TPSA) is 75.4 Å². The van der Waals surface area contributed by atoms with Crippen molar-refractivity contribution in [3.63, 3.8) is 0 Å². The highest BCUT2D eigenvalue weighted by atomic mass is 16.2. The van der Waals surface area contributed by atoms with Gasteiger partial charge in [-0.05, 0) is 19.4 Å². The summed E-state index contributed by atoms with van der Waals surface area (Å²) in [6, 6.07) is 6.69. The van der Waals surface area contributed by atoms with Crippen molar-refractivity contribution in [2.75, 3.05) is 20.1 Å². The van der Waals surface area contributed by atoms with Crippen molar-refractivity contribution in [3.05, 3.63) is 35.4 Å². The molecule has 0 bridgehead atoms. The van der Waals surface area contributed by atoms with E-state index in [1.54, 1.807) is 7.05 Å². The van der Waals surface area contributed by atoms with Gasteiger partial charge in [-0.1, -0.05) is 29.8 Å². The minimum atomic E-state index is -0.750. The van der Waals surface area contributed by atoms with Crippen LogP contribution >= 0.6 is 0 Å². The molecule has 0 radical (unpaired) electrons. The molecule has 0 saturated carbocycles. The number of carbonyl (C=O) groups excluding carboxylic acids is 2. The lowest BCUT2D eigenvalue weighted by Gasteiger charge is -2.16. The van der Waals surface area contributed by atoms with E-state index in [-0.39, 0.29) is 18.4 Å². The normalized spacial score (nSPS) is 11.8. The van der Waals surface area contributed by atoms with E-state index in [4.69, 9.17) is 5.73 Å². The van der Waals surface area contributed by atoms with Gasteiger partial charge in [-0.2, -0.15) is 0 Å². The Morgan fingerprint density at radius 2 is 1.89 bits per heavy atom. The average Bonchev–Trinajstić information content (AvgIpc) is 2.43. The summed E-state index contributed by atoms with van der Waals surface area (Å²) in [5.74, 6) is -0.478. The molecule has 1 atom stereocenters. The van der Waals surface area contributed by atoms with Gasteiger partial charge in [0, 0.05) is 13.6 Å². The van der Waals surface area contributed by atoms with Crippen molar-refractivity contribution in [1.82, 2.24) is 10.2 Å². The highest BCUT2D eigenvalue weighted by Crippen LogP contribution is 2.11. The molecule has 0 spiro atoms. The van der Waals surface area contributed by atoms with Crippen LogP contribution in [0.5, 0.6) is 0 Å². The number of nitrogens with two attached hydrogens (primary N) is 1. The van der Waals surface area contributed by atoms with Gasteiger partial charge >= 0.3 is 0 Å². The van der Waals surface area contributed by atoms with Gasteiger partial charge in [-0.15, -0.1) is 0 Å². The summed E-state index contributed by atoms with van der Waals surface area (Å²) in [7, 11) is 1.69. The molecule has 1 aromatic carbocycles. The van der Waals surface area contributed by atoms with Gasteiger partial charge in [-0.25, -0.2) is 0 Å². The predicted molar refractivity (Wildman–Crippen MR) is 74.4 cm³/mol. The van der Waals surface area contributed by atoms with E-state index in [2.05, 4.69) is 5.32 Å². The van der Waals surface area contributed by atoms with Crippen molar-refractivity contribution in [2.45, 2.75) is 19.9 Å². The van der Waals surface area contributed by atoms with Crippen LogP contribution in [0.15, 0.2) is 24.3 Å². The molecule has 19 heavy (non-hydrogen) atoms. The predicted octanol–water partition coefficient (Wildman–Crippen LogP) is 0.589. The fourth-order valence-electron chi connectivity index (χ4n) is 1.51. The zero-order valence-electron chi connectivity index (χ0n) is 11.6. The Morgan fingerprint density at radius 1 is 1.32 bits per heavy atom. The first-order chi connectivity index (χ1) is 8.95. The highest BCUT2D eigenvalue weighted by molar-refractivity contribution is 5.87. The summed E-state index contributed by atoms with van der Waals surface area (Å²) in [6.45, 7) is 4.42. The molecule has 2 amide bonds. The Balaban J connectivity index is 2.54. The number of amides is 2. The summed E-state index contributed by atoms with van der Waals surface area (Å²) >= 11 is 0. The molecule has 5 heteroatoms. The minimum Gasteiger partial charge on any atom is -0.345 e. The highest BCUT2D eigenvalue weighted by Gasteiger charge is 2.17. The van der Waals surface area contributed by atoms with Crippen LogP contribution in [0.25, 0.3) is 0 Å². The Kier molecular flexibility index (Phi) is 5.51. The Bertz CT molecular complexity index is 443. The summed E-state index contributed by atoms with van der Waals surface area (Å²) in [6.07, 6.45) is 0. The van der Waals surface area contributed by atoms with Crippen LogP contribution in [0, 0.1) is 6.92 Å². The number of hydrogen-bond donors (Lipinski definition) is 2. The van der Waals surface area contributed by atoms with Crippen molar-refractivity contribution in [1.29, 1.82) is 0 Å². The van der Waals surface area contributed by atoms with E-state index in [1.807, 2.05) is 38.1 Å². The molecular formula is C14H21N3O2. The van der Waals surface area contributed by atoms with E-state index in [0.717, 1.165) is 11.1 Å². The summed E-state index contributed by atoms with van der Waals surface area (Å²) in [5.41, 5.74) is 7.69. The molecule has 0 aromatic heterocycles. The van der Waals surface area contributed by atoms with Crippen LogP contribution in [0.3, 0.4) is 0 Å². The fraction of sp³-hybridized carbons (Fsp3) is 0.429. The van der Waals surface area contributed by atoms with Crippen LogP contribution in [-0.4, -0.2) is 36.9 Å². The van der Waals surface area contributed by atoms with Crippen LogP contribution in [-0.2, 0) is 9.59 Å². The molecule has 1 rings (SSSR count). The van der Waals surface area contributed by atoms with Gasteiger partial charge in [0.25, 0.3) is 0 Å². The van der Waals surface area contributed by atoms with Crippen molar-refractivity contribution < 1.29 is 9.59 Å². The van der Waals surface area contributed by atoms with Gasteiger partial charge in [0.15, 0.2) is 0 Å². The van der Waals surface area contributed by atoms with Crippen molar-refractivity contribution >= 4 is 11.8 Å². The summed E-state index contributed by atoms with van der Waals surface area (Å²) in [4.78, 5) is 24.9. The molecule has 0 aliphatic heterocycles. The molecule has 0 aliphatic rings. The molecule has 0 fully saturated rings. The van der Waals surface area contributed by atoms with Gasteiger partial charge < -0.3 is 16.0 Å². The van der Waals surface area contributed by atoms with Gasteiger partial charge in [0.2, 0.25) is 11.8 Å². The van der Waals surface area contributed by atoms with E-state index >= 15 is 0 Å². The van der Waals surface area contributed by atoms with Crippen LogP contribution in [0.2, 0.25) is 0 Å². The van der Waals surface area contributed by atoms with Crippen molar-refractivity contribution in [2.24, 2.45) is 5.73 Å².